The van der Waals surface area contributed by atoms with Gasteiger partial charge in [-0.3, -0.25) is 9.36 Å². The fourth-order valence-electron chi connectivity index (χ4n) is 2.87. The number of fused-ring (bicyclic) bond motifs is 1. The van der Waals surface area contributed by atoms with E-state index in [1.165, 1.54) is 0 Å². The second-order valence-corrected chi connectivity index (χ2v) is 7.92. The predicted octanol–water partition coefficient (Wildman–Crippen LogP) is 4.15. The molecule has 2 unspecified atom stereocenters. The second-order valence-electron chi connectivity index (χ2n) is 5.98. The molecule has 3 aromatic rings. The van der Waals surface area contributed by atoms with Gasteiger partial charge in [0.15, 0.2) is 0 Å². The molecule has 0 saturated heterocycles. The van der Waals surface area contributed by atoms with Gasteiger partial charge >= 0.3 is 5.97 Å². The molecule has 0 amide bonds. The number of carboxylic acid groups (broad SMARTS) is 1. The van der Waals surface area contributed by atoms with Crippen LogP contribution in [0.5, 0.6) is 0 Å². The van der Waals surface area contributed by atoms with Crippen molar-refractivity contribution in [3.8, 4) is 0 Å². The van der Waals surface area contributed by atoms with Crippen molar-refractivity contribution >= 4 is 30.2 Å². The van der Waals surface area contributed by atoms with Crippen LogP contribution in [0.25, 0.3) is 10.9 Å². The van der Waals surface area contributed by atoms with Crippen LogP contribution in [0, 0.1) is 0 Å². The first kappa shape index (κ1) is 17.3. The molecule has 7 heteroatoms. The lowest BCUT2D eigenvalue weighted by molar-refractivity contribution is -0.138. The zero-order valence-electron chi connectivity index (χ0n) is 13.6. The molecule has 0 fully saturated rings. The number of benzene rings is 2. The monoisotopic (exact) mass is 358 g/mol. The van der Waals surface area contributed by atoms with E-state index < -0.39 is 19.4 Å². The first-order chi connectivity index (χ1) is 11.9. The number of aromatic nitrogens is 1. The van der Waals surface area contributed by atoms with Crippen molar-refractivity contribution in [1.29, 1.82) is 0 Å². The van der Waals surface area contributed by atoms with Gasteiger partial charge in [0.05, 0.1) is 12.1 Å². The van der Waals surface area contributed by atoms with E-state index in [2.05, 4.69) is 10.1 Å². The fourth-order valence-corrected chi connectivity index (χ4v) is 4.18. The van der Waals surface area contributed by atoms with Crippen LogP contribution in [-0.2, 0) is 15.5 Å². The van der Waals surface area contributed by atoms with Crippen LogP contribution < -0.4 is 5.09 Å². The molecular formula is C18H19N2O4P. The van der Waals surface area contributed by atoms with Crippen LogP contribution in [0.15, 0.2) is 54.6 Å². The van der Waals surface area contributed by atoms with Crippen molar-refractivity contribution in [2.75, 3.05) is 5.09 Å². The van der Waals surface area contributed by atoms with Gasteiger partial charge < -0.3 is 20.1 Å². The smallest absolute Gasteiger partial charge is 0.310 e. The van der Waals surface area contributed by atoms with Crippen LogP contribution in [0.4, 0.5) is 5.82 Å². The molecule has 130 valence electrons. The molecule has 1 aromatic heterocycles. The van der Waals surface area contributed by atoms with Crippen molar-refractivity contribution in [2.45, 2.75) is 19.0 Å². The fraction of sp³-hybridized carbons (Fsp3) is 0.167. The van der Waals surface area contributed by atoms with E-state index >= 15 is 0 Å². The Labute approximate surface area is 145 Å². The van der Waals surface area contributed by atoms with Crippen molar-refractivity contribution in [3.05, 3.63) is 65.7 Å². The van der Waals surface area contributed by atoms with E-state index in [1.54, 1.807) is 49.4 Å². The summed E-state index contributed by atoms with van der Waals surface area (Å²) in [4.78, 5) is 24.9. The lowest BCUT2D eigenvalue weighted by Crippen LogP contribution is -2.10. The highest BCUT2D eigenvalue weighted by molar-refractivity contribution is 7.58. The number of nitrogens with one attached hydrogen (secondary N) is 2. The molecule has 2 atom stereocenters. The minimum Gasteiger partial charge on any atom is -0.481 e. The first-order valence-electron chi connectivity index (χ1n) is 7.85. The summed E-state index contributed by atoms with van der Waals surface area (Å²) in [6.45, 7) is 1.56. The molecule has 0 spiro atoms. The third-order valence-corrected chi connectivity index (χ3v) is 5.44. The Kier molecular flexibility index (Phi) is 4.66. The van der Waals surface area contributed by atoms with Gasteiger partial charge in [-0.05, 0) is 18.6 Å². The normalized spacial score (nSPS) is 14.8. The van der Waals surface area contributed by atoms with E-state index in [-0.39, 0.29) is 12.0 Å². The van der Waals surface area contributed by atoms with Crippen molar-refractivity contribution in [1.82, 2.24) is 4.98 Å². The Morgan fingerprint density at radius 2 is 1.80 bits per heavy atom. The Hall–Kier alpha value is -2.56. The van der Waals surface area contributed by atoms with E-state index in [1.807, 2.05) is 12.1 Å². The third-order valence-electron chi connectivity index (χ3n) is 4.08. The summed E-state index contributed by atoms with van der Waals surface area (Å²) in [6.07, 6.45) is -0.0515. The average molecular weight is 358 g/mol. The maximum atomic E-state index is 12.7. The minimum absolute atomic E-state index is 0.0515. The summed E-state index contributed by atoms with van der Waals surface area (Å²) < 4.78 is 12.7. The van der Waals surface area contributed by atoms with Crippen molar-refractivity contribution in [2.24, 2.45) is 0 Å². The van der Waals surface area contributed by atoms with Crippen LogP contribution in [0.2, 0.25) is 0 Å². The lowest BCUT2D eigenvalue weighted by atomic mass is 10.00. The van der Waals surface area contributed by atoms with Crippen LogP contribution in [-0.4, -0.2) is 21.0 Å². The Balaban J connectivity index is 1.99. The molecule has 0 radical (unpaired) electrons. The number of hydrogen-bond acceptors (Lipinski definition) is 2. The number of hydrogen-bond donors (Lipinski definition) is 4. The standard InChI is InChI=1S/C18H19N2O4P/c1-12(18(21)22)16-14-9-5-6-10-15(14)19-17(16)20-25(23,24)11-13-7-3-2-4-8-13/h2-10,12,19H,11H2,1H3,(H,21,22)(H2,20,23,24). The highest BCUT2D eigenvalue weighted by Gasteiger charge is 2.27. The highest BCUT2D eigenvalue weighted by Crippen LogP contribution is 2.47. The van der Waals surface area contributed by atoms with Gasteiger partial charge in [0.25, 0.3) is 7.52 Å². The summed E-state index contributed by atoms with van der Waals surface area (Å²) in [5.74, 6) is -1.54. The van der Waals surface area contributed by atoms with Crippen LogP contribution in [0.3, 0.4) is 0 Å². The number of aliphatic carboxylic acids is 1. The summed E-state index contributed by atoms with van der Waals surface area (Å²) in [6, 6.07) is 16.2. The van der Waals surface area contributed by atoms with Gasteiger partial charge in [-0.2, -0.15) is 0 Å². The van der Waals surface area contributed by atoms with Crippen LogP contribution >= 0.6 is 7.52 Å². The molecule has 0 bridgehead atoms. The van der Waals surface area contributed by atoms with Gasteiger partial charge in [-0.1, -0.05) is 48.5 Å². The molecule has 25 heavy (non-hydrogen) atoms. The molecule has 0 saturated carbocycles. The topological polar surface area (TPSA) is 102 Å². The Bertz CT molecular complexity index is 952. The molecule has 1 heterocycles. The second kappa shape index (κ2) is 6.75. The number of anilines is 1. The number of carbonyl (C=O) groups is 1. The SMILES string of the molecule is CC(C(=O)O)c1c(NP(=O)(O)Cc2ccccc2)[nH]c2ccccc12. The molecule has 3 rings (SSSR count). The number of H-pyrrole nitrogens is 1. The molecule has 0 aliphatic rings. The summed E-state index contributed by atoms with van der Waals surface area (Å²) in [5, 5.41) is 12.8. The Morgan fingerprint density at radius 1 is 1.16 bits per heavy atom. The first-order valence-corrected chi connectivity index (χ1v) is 9.69. The lowest BCUT2D eigenvalue weighted by Gasteiger charge is -2.16. The predicted molar refractivity (Wildman–Crippen MR) is 97.9 cm³/mol. The van der Waals surface area contributed by atoms with E-state index in [4.69, 9.17) is 0 Å². The molecule has 4 N–H and O–H groups in total. The van der Waals surface area contributed by atoms with Gasteiger partial charge in [-0.15, -0.1) is 0 Å². The van der Waals surface area contributed by atoms with Gasteiger partial charge in [0.2, 0.25) is 0 Å². The van der Waals surface area contributed by atoms with Crippen molar-refractivity contribution < 1.29 is 19.4 Å². The summed E-state index contributed by atoms with van der Waals surface area (Å²) in [7, 11) is -3.76. The zero-order chi connectivity index (χ0) is 18.0. The van der Waals surface area contributed by atoms with E-state index in [9.17, 15) is 19.4 Å². The minimum atomic E-state index is -3.76. The Morgan fingerprint density at radius 3 is 2.48 bits per heavy atom. The highest BCUT2D eigenvalue weighted by atomic mass is 31.2. The quantitative estimate of drug-likeness (QED) is 0.496. The van der Waals surface area contributed by atoms with Gasteiger partial charge in [0, 0.05) is 16.5 Å². The number of aromatic amines is 1. The number of para-hydroxylation sites is 1. The molecule has 6 nitrogen and oxygen atoms in total. The molecule has 2 aromatic carbocycles. The van der Waals surface area contributed by atoms with Gasteiger partial charge in [-0.25, -0.2) is 0 Å². The molecular weight excluding hydrogens is 339 g/mol. The summed E-state index contributed by atoms with van der Waals surface area (Å²) in [5.41, 5.74) is 1.92. The maximum absolute atomic E-state index is 12.7. The van der Waals surface area contributed by atoms with E-state index in [0.29, 0.717) is 11.1 Å². The average Bonchev–Trinajstić information content (AvgIpc) is 2.91. The largest absolute Gasteiger partial charge is 0.481 e. The third kappa shape index (κ3) is 3.76. The maximum Gasteiger partial charge on any atom is 0.310 e. The zero-order valence-corrected chi connectivity index (χ0v) is 14.5. The van der Waals surface area contributed by atoms with Gasteiger partial charge in [0.1, 0.15) is 5.82 Å². The molecule has 0 aliphatic heterocycles. The summed E-state index contributed by atoms with van der Waals surface area (Å²) >= 11 is 0. The van der Waals surface area contributed by atoms with Crippen molar-refractivity contribution in [3.63, 3.8) is 0 Å². The van der Waals surface area contributed by atoms with Crippen LogP contribution in [0.1, 0.15) is 24.0 Å². The van der Waals surface area contributed by atoms with E-state index in [0.717, 1.165) is 10.9 Å². The number of carboxylic acids is 1. The molecule has 0 aliphatic carbocycles. The number of rotatable bonds is 6.